The summed E-state index contributed by atoms with van der Waals surface area (Å²) in [5.74, 6) is -0.538. The van der Waals surface area contributed by atoms with Gasteiger partial charge in [0.05, 0.1) is 24.9 Å². The fraction of sp³-hybridized carbons (Fsp3) is 0.200. The summed E-state index contributed by atoms with van der Waals surface area (Å²) in [7, 11) is 0. The topological polar surface area (TPSA) is 80.6 Å². The minimum Gasteiger partial charge on any atom is -0.492 e. The lowest BCUT2D eigenvalue weighted by Crippen LogP contribution is -2.38. The third-order valence-electron chi connectivity index (χ3n) is 2.70. The van der Waals surface area contributed by atoms with Crippen molar-refractivity contribution in [3.05, 3.63) is 54.2 Å². The Morgan fingerprint density at radius 3 is 2.59 bits per heavy atom. The molecule has 1 aromatic heterocycles. The molecule has 1 aromatic carbocycles. The Morgan fingerprint density at radius 2 is 1.91 bits per heavy atom. The first-order valence-corrected chi connectivity index (χ1v) is 6.60. The number of amides is 2. The third kappa shape index (κ3) is 4.93. The molecule has 2 rings (SSSR count). The minimum absolute atomic E-state index is 0.138. The molecule has 2 aromatic rings. The molecule has 7 heteroatoms. The van der Waals surface area contributed by atoms with Crippen LogP contribution in [0.5, 0.6) is 5.75 Å². The smallest absolute Gasteiger partial charge is 0.254 e. The summed E-state index contributed by atoms with van der Waals surface area (Å²) in [5, 5.41) is 5.04. The highest BCUT2D eigenvalue weighted by molar-refractivity contribution is 5.96. The Bertz CT molecular complexity index is 611. The first kappa shape index (κ1) is 15.6. The maximum absolute atomic E-state index is 12.7. The van der Waals surface area contributed by atoms with E-state index in [1.54, 1.807) is 0 Å². The molecule has 0 saturated heterocycles. The second-order valence-corrected chi connectivity index (χ2v) is 4.35. The highest BCUT2D eigenvalue weighted by atomic mass is 19.1. The van der Waals surface area contributed by atoms with Crippen LogP contribution < -0.4 is 15.4 Å². The highest BCUT2D eigenvalue weighted by Crippen LogP contribution is 2.10. The lowest BCUT2D eigenvalue weighted by atomic mass is 10.3. The van der Waals surface area contributed by atoms with Gasteiger partial charge >= 0.3 is 0 Å². The molecule has 0 unspecified atom stereocenters. The van der Waals surface area contributed by atoms with Gasteiger partial charge in [0.2, 0.25) is 5.91 Å². The summed E-state index contributed by atoms with van der Waals surface area (Å²) in [4.78, 5) is 23.1. The van der Waals surface area contributed by atoms with Crippen molar-refractivity contribution in [2.24, 2.45) is 0 Å². The first-order chi connectivity index (χ1) is 10.6. The summed E-state index contributed by atoms with van der Waals surface area (Å²) in [6.07, 6.45) is 2.67. The number of furan rings is 1. The minimum atomic E-state index is -0.383. The van der Waals surface area contributed by atoms with Crippen molar-refractivity contribution in [3.8, 4) is 5.75 Å². The van der Waals surface area contributed by atoms with Crippen molar-refractivity contribution >= 4 is 11.8 Å². The molecule has 1 heterocycles. The highest BCUT2D eigenvalue weighted by Gasteiger charge is 2.08. The second kappa shape index (κ2) is 7.82. The van der Waals surface area contributed by atoms with E-state index in [1.165, 1.54) is 42.9 Å². The van der Waals surface area contributed by atoms with Crippen LogP contribution in [0.1, 0.15) is 10.4 Å². The van der Waals surface area contributed by atoms with Gasteiger partial charge in [-0.1, -0.05) is 0 Å². The second-order valence-electron chi connectivity index (χ2n) is 4.35. The summed E-state index contributed by atoms with van der Waals surface area (Å²) in [6.45, 7) is 0.380. The number of rotatable bonds is 7. The van der Waals surface area contributed by atoms with Gasteiger partial charge in [0, 0.05) is 0 Å². The molecule has 0 atom stereocenters. The van der Waals surface area contributed by atoms with Gasteiger partial charge in [-0.15, -0.1) is 0 Å². The molecule has 6 nitrogen and oxygen atoms in total. The molecule has 0 radical (unpaired) electrons. The SMILES string of the molecule is O=C(CNC(=O)c1ccoc1)NCCOc1ccc(F)cc1. The van der Waals surface area contributed by atoms with Crippen LogP contribution in [0.4, 0.5) is 4.39 Å². The van der Waals surface area contributed by atoms with Crippen LogP contribution >= 0.6 is 0 Å². The zero-order chi connectivity index (χ0) is 15.8. The normalized spacial score (nSPS) is 10.0. The van der Waals surface area contributed by atoms with Crippen LogP contribution in [0.25, 0.3) is 0 Å². The molecule has 0 saturated carbocycles. The van der Waals surface area contributed by atoms with Crippen LogP contribution in [0.15, 0.2) is 47.3 Å². The van der Waals surface area contributed by atoms with Gasteiger partial charge in [-0.05, 0) is 30.3 Å². The molecule has 116 valence electrons. The number of carbonyl (C=O) groups excluding carboxylic acids is 2. The maximum Gasteiger partial charge on any atom is 0.254 e. The van der Waals surface area contributed by atoms with Gasteiger partial charge in [-0.3, -0.25) is 9.59 Å². The molecule has 2 N–H and O–H groups in total. The fourth-order valence-corrected chi connectivity index (χ4v) is 1.61. The van der Waals surface area contributed by atoms with Gasteiger partial charge in [-0.2, -0.15) is 0 Å². The van der Waals surface area contributed by atoms with E-state index >= 15 is 0 Å². The van der Waals surface area contributed by atoms with Crippen molar-refractivity contribution in [1.29, 1.82) is 0 Å². The number of ether oxygens (including phenoxy) is 1. The monoisotopic (exact) mass is 306 g/mol. The van der Waals surface area contributed by atoms with Crippen LogP contribution in [0.2, 0.25) is 0 Å². The molecule has 0 aliphatic rings. The average Bonchev–Trinajstić information content (AvgIpc) is 3.05. The van der Waals surface area contributed by atoms with E-state index in [9.17, 15) is 14.0 Å². The van der Waals surface area contributed by atoms with Crippen LogP contribution in [-0.4, -0.2) is 31.5 Å². The van der Waals surface area contributed by atoms with E-state index in [-0.39, 0.29) is 37.3 Å². The third-order valence-corrected chi connectivity index (χ3v) is 2.70. The quantitative estimate of drug-likeness (QED) is 0.757. The Hall–Kier alpha value is -2.83. The molecular weight excluding hydrogens is 291 g/mol. The number of hydrogen-bond donors (Lipinski definition) is 2. The Morgan fingerprint density at radius 1 is 1.14 bits per heavy atom. The lowest BCUT2D eigenvalue weighted by molar-refractivity contribution is -0.120. The predicted octanol–water partition coefficient (Wildman–Crippen LogP) is 1.34. The number of halogens is 1. The van der Waals surface area contributed by atoms with E-state index < -0.39 is 0 Å². The van der Waals surface area contributed by atoms with Crippen molar-refractivity contribution in [2.45, 2.75) is 0 Å². The number of hydrogen-bond acceptors (Lipinski definition) is 4. The Labute approximate surface area is 126 Å². The number of carbonyl (C=O) groups is 2. The molecule has 0 spiro atoms. The van der Waals surface area contributed by atoms with E-state index in [2.05, 4.69) is 10.6 Å². The van der Waals surface area contributed by atoms with Gasteiger partial charge in [0.25, 0.3) is 5.91 Å². The van der Waals surface area contributed by atoms with Crippen LogP contribution in [-0.2, 0) is 4.79 Å². The standard InChI is InChI=1S/C15H15FN2O4/c16-12-1-3-13(4-2-12)22-8-6-17-14(19)9-18-15(20)11-5-7-21-10-11/h1-5,7,10H,6,8-9H2,(H,17,19)(H,18,20). The molecule has 0 fully saturated rings. The molecule has 22 heavy (non-hydrogen) atoms. The summed E-state index contributed by atoms with van der Waals surface area (Å²) >= 11 is 0. The average molecular weight is 306 g/mol. The molecule has 0 aliphatic heterocycles. The van der Waals surface area contributed by atoms with E-state index in [0.29, 0.717) is 11.3 Å². The van der Waals surface area contributed by atoms with Gasteiger partial charge in [0.1, 0.15) is 24.4 Å². The predicted molar refractivity (Wildman–Crippen MR) is 75.9 cm³/mol. The lowest BCUT2D eigenvalue weighted by Gasteiger charge is -2.08. The van der Waals surface area contributed by atoms with E-state index in [1.807, 2.05) is 0 Å². The van der Waals surface area contributed by atoms with Crippen LogP contribution in [0, 0.1) is 5.82 Å². The zero-order valence-corrected chi connectivity index (χ0v) is 11.7. The summed E-state index contributed by atoms with van der Waals surface area (Å²) in [5.41, 5.74) is 0.354. The number of nitrogens with one attached hydrogen (secondary N) is 2. The molecule has 0 aliphatic carbocycles. The molecular formula is C15H15FN2O4. The van der Waals surface area contributed by atoms with E-state index in [4.69, 9.17) is 9.15 Å². The van der Waals surface area contributed by atoms with Gasteiger partial charge in [0.15, 0.2) is 0 Å². The number of benzene rings is 1. The van der Waals surface area contributed by atoms with Crippen molar-refractivity contribution in [1.82, 2.24) is 10.6 Å². The Balaban J connectivity index is 1.59. The van der Waals surface area contributed by atoms with Gasteiger partial charge < -0.3 is 19.8 Å². The molecule has 0 bridgehead atoms. The fourth-order valence-electron chi connectivity index (χ4n) is 1.61. The molecule has 2 amide bonds. The van der Waals surface area contributed by atoms with Gasteiger partial charge in [-0.25, -0.2) is 4.39 Å². The Kier molecular flexibility index (Phi) is 5.53. The zero-order valence-electron chi connectivity index (χ0n) is 11.7. The van der Waals surface area contributed by atoms with Crippen molar-refractivity contribution in [2.75, 3.05) is 19.7 Å². The van der Waals surface area contributed by atoms with Crippen LogP contribution in [0.3, 0.4) is 0 Å². The van der Waals surface area contributed by atoms with Crippen molar-refractivity contribution < 1.29 is 23.1 Å². The maximum atomic E-state index is 12.7. The van der Waals surface area contributed by atoms with Crippen molar-refractivity contribution in [3.63, 3.8) is 0 Å². The first-order valence-electron chi connectivity index (χ1n) is 6.60. The summed E-state index contributed by atoms with van der Waals surface area (Å²) < 4.78 is 22.8. The largest absolute Gasteiger partial charge is 0.492 e. The summed E-state index contributed by atoms with van der Waals surface area (Å²) in [6, 6.07) is 7.09. The van der Waals surface area contributed by atoms with E-state index in [0.717, 1.165) is 0 Å².